The van der Waals surface area contributed by atoms with Crippen LogP contribution in [0.1, 0.15) is 31.4 Å². The molecule has 0 aliphatic carbocycles. The topological polar surface area (TPSA) is 105 Å². The molecular weight excluding hydrogens is 360 g/mol. The molecule has 2 atom stereocenters. The van der Waals surface area contributed by atoms with Crippen LogP contribution in [0.2, 0.25) is 0 Å². The van der Waals surface area contributed by atoms with Crippen molar-refractivity contribution in [2.75, 3.05) is 31.7 Å². The van der Waals surface area contributed by atoms with Gasteiger partial charge in [0, 0.05) is 13.1 Å². The van der Waals surface area contributed by atoms with E-state index >= 15 is 0 Å². The largest absolute Gasteiger partial charge is 0.468 e. The van der Waals surface area contributed by atoms with Gasteiger partial charge in [-0.1, -0.05) is 12.1 Å². The van der Waals surface area contributed by atoms with Crippen LogP contribution in [-0.2, 0) is 19.1 Å². The number of methoxy groups -OCH3 is 1. The maximum atomic E-state index is 12.2. The molecule has 1 aliphatic heterocycles. The lowest BCUT2D eigenvalue weighted by Crippen LogP contribution is -2.40. The molecule has 1 saturated heterocycles. The molecule has 28 heavy (non-hydrogen) atoms. The highest BCUT2D eigenvalue weighted by Gasteiger charge is 2.33. The van der Waals surface area contributed by atoms with E-state index in [9.17, 15) is 14.9 Å². The summed E-state index contributed by atoms with van der Waals surface area (Å²) in [6.07, 6.45) is 1.50. The van der Waals surface area contributed by atoms with Crippen LogP contribution >= 0.6 is 0 Å². The van der Waals surface area contributed by atoms with E-state index in [0.717, 1.165) is 12.8 Å². The van der Waals surface area contributed by atoms with Crippen molar-refractivity contribution in [1.29, 1.82) is 5.26 Å². The predicted molar refractivity (Wildman–Crippen MR) is 101 cm³/mol. The van der Waals surface area contributed by atoms with Crippen molar-refractivity contribution >= 4 is 28.8 Å². The second-order valence-electron chi connectivity index (χ2n) is 6.54. The Morgan fingerprint density at radius 1 is 1.32 bits per heavy atom. The molecule has 1 aromatic heterocycles. The Morgan fingerprint density at radius 2 is 2.04 bits per heavy atom. The molecule has 0 spiro atoms. The number of hydrogen-bond acceptors (Lipinski definition) is 8. The van der Waals surface area contributed by atoms with E-state index in [1.165, 1.54) is 7.11 Å². The number of nitriles is 1. The van der Waals surface area contributed by atoms with Crippen LogP contribution in [0.4, 0.5) is 5.82 Å². The van der Waals surface area contributed by atoms with E-state index in [-0.39, 0.29) is 17.6 Å². The Morgan fingerprint density at radius 3 is 2.68 bits per heavy atom. The van der Waals surface area contributed by atoms with Crippen molar-refractivity contribution in [3.05, 3.63) is 30.0 Å². The summed E-state index contributed by atoms with van der Waals surface area (Å²) in [6.45, 7) is 3.15. The Labute approximate surface area is 163 Å². The number of piperidine rings is 1. The summed E-state index contributed by atoms with van der Waals surface area (Å²) in [4.78, 5) is 35.5. The monoisotopic (exact) mass is 382 g/mol. The molecule has 1 fully saturated rings. The van der Waals surface area contributed by atoms with E-state index < -0.39 is 11.9 Å². The number of hydrogen-bond donors (Lipinski definition) is 0. The van der Waals surface area contributed by atoms with Gasteiger partial charge in [-0.25, -0.2) is 9.97 Å². The minimum atomic E-state index is -1.19. The third kappa shape index (κ3) is 3.88. The number of ether oxygens (including phenoxy) is 2. The SMILES string of the molecule is CCOC(=O)C1CCCN(c2nc3ccccc3nc2C(C#N)C(=O)OC)C1. The first kappa shape index (κ1) is 19.5. The molecule has 2 unspecified atom stereocenters. The molecule has 2 aromatic rings. The number of aromatic nitrogens is 2. The zero-order valence-corrected chi connectivity index (χ0v) is 15.9. The fourth-order valence-corrected chi connectivity index (χ4v) is 3.40. The maximum Gasteiger partial charge on any atom is 0.329 e. The van der Waals surface area contributed by atoms with Crippen LogP contribution in [0.5, 0.6) is 0 Å². The summed E-state index contributed by atoms with van der Waals surface area (Å²) < 4.78 is 9.94. The first-order chi connectivity index (χ1) is 13.6. The fourth-order valence-electron chi connectivity index (χ4n) is 3.40. The van der Waals surface area contributed by atoms with Crippen LogP contribution < -0.4 is 4.90 Å². The first-order valence-corrected chi connectivity index (χ1v) is 9.24. The van der Waals surface area contributed by atoms with Crippen molar-refractivity contribution in [2.45, 2.75) is 25.7 Å². The predicted octanol–water partition coefficient (Wildman–Crippen LogP) is 2.19. The van der Waals surface area contributed by atoms with Crippen molar-refractivity contribution in [3.63, 3.8) is 0 Å². The maximum absolute atomic E-state index is 12.2. The van der Waals surface area contributed by atoms with E-state index in [1.54, 1.807) is 13.0 Å². The average Bonchev–Trinajstić information content (AvgIpc) is 2.73. The quantitative estimate of drug-likeness (QED) is 0.725. The lowest BCUT2D eigenvalue weighted by atomic mass is 9.97. The molecule has 8 heteroatoms. The van der Waals surface area contributed by atoms with E-state index in [1.807, 2.05) is 29.2 Å². The zero-order valence-electron chi connectivity index (χ0n) is 15.9. The van der Waals surface area contributed by atoms with Gasteiger partial charge in [-0.05, 0) is 31.9 Å². The fraction of sp³-hybridized carbons (Fsp3) is 0.450. The van der Waals surface area contributed by atoms with Gasteiger partial charge in [0.25, 0.3) is 0 Å². The third-order valence-corrected chi connectivity index (χ3v) is 4.76. The zero-order chi connectivity index (χ0) is 20.1. The second kappa shape index (κ2) is 8.65. The van der Waals surface area contributed by atoms with Crippen molar-refractivity contribution < 1.29 is 19.1 Å². The number of esters is 2. The van der Waals surface area contributed by atoms with Gasteiger partial charge < -0.3 is 14.4 Å². The molecule has 0 amide bonds. The number of nitrogens with zero attached hydrogens (tertiary/aromatic N) is 4. The molecule has 146 valence electrons. The molecule has 0 radical (unpaired) electrons. The first-order valence-electron chi connectivity index (χ1n) is 9.24. The normalized spacial score (nSPS) is 17.6. The van der Waals surface area contributed by atoms with E-state index in [4.69, 9.17) is 9.47 Å². The summed E-state index contributed by atoms with van der Waals surface area (Å²) in [6, 6.07) is 9.23. The molecule has 0 saturated carbocycles. The van der Waals surface area contributed by atoms with Gasteiger partial charge >= 0.3 is 11.9 Å². The van der Waals surface area contributed by atoms with Crippen molar-refractivity contribution in [3.8, 4) is 6.07 Å². The van der Waals surface area contributed by atoms with Gasteiger partial charge in [-0.3, -0.25) is 9.59 Å². The number of benzene rings is 1. The van der Waals surface area contributed by atoms with Crippen molar-refractivity contribution in [2.24, 2.45) is 5.92 Å². The van der Waals surface area contributed by atoms with Gasteiger partial charge in [-0.2, -0.15) is 5.26 Å². The van der Waals surface area contributed by atoms with Crippen LogP contribution in [0.15, 0.2) is 24.3 Å². The van der Waals surface area contributed by atoms with Crippen molar-refractivity contribution in [1.82, 2.24) is 9.97 Å². The van der Waals surface area contributed by atoms with Gasteiger partial charge in [-0.15, -0.1) is 0 Å². The lowest BCUT2D eigenvalue weighted by Gasteiger charge is -2.33. The molecule has 1 aromatic carbocycles. The van der Waals surface area contributed by atoms with E-state index in [2.05, 4.69) is 9.97 Å². The third-order valence-electron chi connectivity index (χ3n) is 4.76. The molecule has 8 nitrogen and oxygen atoms in total. The van der Waals surface area contributed by atoms with Crippen LogP contribution in [0.25, 0.3) is 11.0 Å². The summed E-state index contributed by atoms with van der Waals surface area (Å²) in [7, 11) is 1.23. The molecular formula is C20H22N4O4. The number of fused-ring (bicyclic) bond motifs is 1. The minimum Gasteiger partial charge on any atom is -0.468 e. The summed E-state index contributed by atoms with van der Waals surface area (Å²) in [5.41, 5.74) is 1.49. The molecule has 2 heterocycles. The smallest absolute Gasteiger partial charge is 0.329 e. The van der Waals surface area contributed by atoms with Gasteiger partial charge in [0.05, 0.1) is 36.7 Å². The standard InChI is InChI=1S/C20H22N4O4/c1-3-28-19(25)13-7-6-10-24(12-13)18-17(14(11-21)20(26)27-2)22-15-8-4-5-9-16(15)23-18/h4-5,8-9,13-14H,3,6-7,10,12H2,1-2H3. The number of anilines is 1. The average molecular weight is 382 g/mol. The molecule has 0 N–H and O–H groups in total. The molecule has 1 aliphatic rings. The second-order valence-corrected chi connectivity index (χ2v) is 6.54. The highest BCUT2D eigenvalue weighted by atomic mass is 16.5. The van der Waals surface area contributed by atoms with Crippen LogP contribution in [0, 0.1) is 17.2 Å². The van der Waals surface area contributed by atoms with Crippen LogP contribution in [-0.4, -0.2) is 48.7 Å². The minimum absolute atomic E-state index is 0.243. The Kier molecular flexibility index (Phi) is 6.04. The Bertz CT molecular complexity index is 924. The molecule has 0 bridgehead atoms. The highest BCUT2D eigenvalue weighted by molar-refractivity contribution is 5.85. The Balaban J connectivity index is 2.05. The lowest BCUT2D eigenvalue weighted by molar-refractivity contribution is -0.148. The molecule has 3 rings (SSSR count). The number of carbonyl (C=O) groups is 2. The number of rotatable bonds is 5. The summed E-state index contributed by atoms with van der Waals surface area (Å²) in [5.74, 6) is -1.97. The Hall–Kier alpha value is -3.21. The van der Waals surface area contributed by atoms with E-state index in [0.29, 0.717) is 36.5 Å². The van der Waals surface area contributed by atoms with Gasteiger partial charge in [0.15, 0.2) is 11.7 Å². The summed E-state index contributed by atoms with van der Waals surface area (Å²) >= 11 is 0. The number of carbonyl (C=O) groups excluding carboxylic acids is 2. The number of para-hydroxylation sites is 2. The summed E-state index contributed by atoms with van der Waals surface area (Å²) in [5, 5.41) is 9.57. The van der Waals surface area contributed by atoms with Crippen LogP contribution in [0.3, 0.4) is 0 Å². The van der Waals surface area contributed by atoms with Gasteiger partial charge in [0.1, 0.15) is 5.69 Å². The highest BCUT2D eigenvalue weighted by Crippen LogP contribution is 2.31. The van der Waals surface area contributed by atoms with Gasteiger partial charge in [0.2, 0.25) is 0 Å².